The maximum Gasteiger partial charge on any atom is 0.123 e. The summed E-state index contributed by atoms with van der Waals surface area (Å²) in [7, 11) is 0. The number of rotatable bonds is 4. The van der Waals surface area contributed by atoms with Crippen LogP contribution in [0.25, 0.3) is 0 Å². The molecule has 0 amide bonds. The summed E-state index contributed by atoms with van der Waals surface area (Å²) in [5.74, 6) is 0.369. The van der Waals surface area contributed by atoms with Gasteiger partial charge in [-0.3, -0.25) is 0 Å². The summed E-state index contributed by atoms with van der Waals surface area (Å²) in [5, 5.41) is 3.84. The van der Waals surface area contributed by atoms with Crippen LogP contribution in [0, 0.1) is 11.7 Å². The lowest BCUT2D eigenvalue weighted by atomic mass is 9.91. The maximum absolute atomic E-state index is 13.1. The summed E-state index contributed by atoms with van der Waals surface area (Å²) in [5.41, 5.74) is 1.21. The van der Waals surface area contributed by atoms with Gasteiger partial charge in [-0.25, -0.2) is 4.39 Å². The van der Waals surface area contributed by atoms with Crippen molar-refractivity contribution >= 4 is 0 Å². The van der Waals surface area contributed by atoms with E-state index in [0.29, 0.717) is 18.0 Å². The molecule has 0 radical (unpaired) electrons. The molecule has 0 heterocycles. The van der Waals surface area contributed by atoms with E-state index in [1.165, 1.54) is 50.5 Å². The van der Waals surface area contributed by atoms with Gasteiger partial charge in [0.25, 0.3) is 0 Å². The molecule has 1 atom stereocenters. The molecule has 0 saturated heterocycles. The van der Waals surface area contributed by atoms with Gasteiger partial charge in [0.15, 0.2) is 0 Å². The minimum Gasteiger partial charge on any atom is -0.307 e. The van der Waals surface area contributed by atoms with Crippen LogP contribution in [0.2, 0.25) is 0 Å². The van der Waals surface area contributed by atoms with Gasteiger partial charge >= 0.3 is 0 Å². The molecule has 1 aliphatic carbocycles. The van der Waals surface area contributed by atoms with Gasteiger partial charge in [-0.1, -0.05) is 58.1 Å². The third kappa shape index (κ3) is 4.59. The van der Waals surface area contributed by atoms with Crippen molar-refractivity contribution in [3.8, 4) is 0 Å². The molecule has 0 aromatic heterocycles. The number of hydrogen-bond donors (Lipinski definition) is 1. The zero-order valence-electron chi connectivity index (χ0n) is 12.9. The van der Waals surface area contributed by atoms with Gasteiger partial charge in [-0.05, 0) is 36.5 Å². The molecule has 1 fully saturated rings. The van der Waals surface area contributed by atoms with E-state index in [2.05, 4.69) is 19.2 Å². The van der Waals surface area contributed by atoms with Crippen LogP contribution in [0.3, 0.4) is 0 Å². The van der Waals surface area contributed by atoms with Crippen molar-refractivity contribution in [2.45, 2.75) is 70.9 Å². The third-order valence-corrected chi connectivity index (χ3v) is 4.42. The molecule has 112 valence electrons. The van der Waals surface area contributed by atoms with E-state index in [9.17, 15) is 4.39 Å². The lowest BCUT2D eigenvalue weighted by Gasteiger charge is -2.30. The largest absolute Gasteiger partial charge is 0.307 e. The van der Waals surface area contributed by atoms with E-state index >= 15 is 0 Å². The monoisotopic (exact) mass is 277 g/mol. The fourth-order valence-electron chi connectivity index (χ4n) is 3.22. The molecule has 1 saturated carbocycles. The van der Waals surface area contributed by atoms with Crippen molar-refractivity contribution in [2.24, 2.45) is 5.92 Å². The fourth-order valence-corrected chi connectivity index (χ4v) is 3.22. The Balaban J connectivity index is 2.02. The summed E-state index contributed by atoms with van der Waals surface area (Å²) in [6.45, 7) is 4.48. The standard InChI is InChI=1S/C18H28FN/c1-14(2)18(15-10-12-16(19)13-11-15)20-17-8-6-4-3-5-7-9-17/h10-14,17-18,20H,3-9H2,1-2H3. The second kappa shape index (κ2) is 7.78. The molecule has 2 heteroatoms. The average Bonchev–Trinajstić information content (AvgIpc) is 2.38. The van der Waals surface area contributed by atoms with Crippen LogP contribution < -0.4 is 5.32 Å². The van der Waals surface area contributed by atoms with Gasteiger partial charge in [0.2, 0.25) is 0 Å². The number of hydrogen-bond acceptors (Lipinski definition) is 1. The number of nitrogens with one attached hydrogen (secondary N) is 1. The van der Waals surface area contributed by atoms with Gasteiger partial charge in [-0.2, -0.15) is 0 Å². The molecule has 2 rings (SSSR count). The highest BCUT2D eigenvalue weighted by atomic mass is 19.1. The zero-order chi connectivity index (χ0) is 14.4. The molecule has 1 nitrogen and oxygen atoms in total. The average molecular weight is 277 g/mol. The van der Waals surface area contributed by atoms with Crippen molar-refractivity contribution in [2.75, 3.05) is 0 Å². The topological polar surface area (TPSA) is 12.0 Å². The zero-order valence-corrected chi connectivity index (χ0v) is 12.9. The second-order valence-electron chi connectivity index (χ2n) is 6.48. The molecule has 0 spiro atoms. The second-order valence-corrected chi connectivity index (χ2v) is 6.48. The van der Waals surface area contributed by atoms with Crippen molar-refractivity contribution in [1.29, 1.82) is 0 Å². The van der Waals surface area contributed by atoms with E-state index in [0.717, 1.165) is 0 Å². The Hall–Kier alpha value is -0.890. The molecular weight excluding hydrogens is 249 g/mol. The van der Waals surface area contributed by atoms with Crippen molar-refractivity contribution in [3.05, 3.63) is 35.6 Å². The molecule has 1 N–H and O–H groups in total. The first-order chi connectivity index (χ1) is 9.66. The summed E-state index contributed by atoms with van der Waals surface area (Å²) >= 11 is 0. The Bertz CT molecular complexity index is 377. The Labute approximate surface area is 123 Å². The van der Waals surface area contributed by atoms with Crippen LogP contribution in [0.5, 0.6) is 0 Å². The van der Waals surface area contributed by atoms with E-state index in [4.69, 9.17) is 0 Å². The first-order valence-electron chi connectivity index (χ1n) is 8.18. The van der Waals surface area contributed by atoms with Gasteiger partial charge in [0, 0.05) is 12.1 Å². The molecule has 1 unspecified atom stereocenters. The fraction of sp³-hybridized carbons (Fsp3) is 0.667. The first-order valence-corrected chi connectivity index (χ1v) is 8.18. The summed E-state index contributed by atoms with van der Waals surface area (Å²) in [6.07, 6.45) is 9.40. The van der Waals surface area contributed by atoms with Gasteiger partial charge in [-0.15, -0.1) is 0 Å². The van der Waals surface area contributed by atoms with Crippen molar-refractivity contribution in [3.63, 3.8) is 0 Å². The number of benzene rings is 1. The highest BCUT2D eigenvalue weighted by molar-refractivity contribution is 5.20. The van der Waals surface area contributed by atoms with E-state index < -0.39 is 0 Å². The number of halogens is 1. The lowest BCUT2D eigenvalue weighted by Crippen LogP contribution is -2.36. The summed E-state index contributed by atoms with van der Waals surface area (Å²) < 4.78 is 13.1. The summed E-state index contributed by atoms with van der Waals surface area (Å²) in [6, 6.07) is 7.95. The predicted molar refractivity (Wildman–Crippen MR) is 83.2 cm³/mol. The third-order valence-electron chi connectivity index (χ3n) is 4.42. The van der Waals surface area contributed by atoms with Crippen molar-refractivity contribution < 1.29 is 4.39 Å². The van der Waals surface area contributed by atoms with Crippen molar-refractivity contribution in [1.82, 2.24) is 5.32 Å². The Morgan fingerprint density at radius 1 is 0.950 bits per heavy atom. The first kappa shape index (κ1) is 15.5. The highest BCUT2D eigenvalue weighted by Crippen LogP contribution is 2.25. The Morgan fingerprint density at radius 3 is 2.05 bits per heavy atom. The van der Waals surface area contributed by atoms with Crippen LogP contribution in [-0.4, -0.2) is 6.04 Å². The highest BCUT2D eigenvalue weighted by Gasteiger charge is 2.20. The SMILES string of the molecule is CC(C)C(NC1CCCCCCC1)c1ccc(F)cc1. The molecule has 1 aromatic rings. The molecule has 1 aromatic carbocycles. The van der Waals surface area contributed by atoms with Gasteiger partial charge in [0.05, 0.1) is 0 Å². The van der Waals surface area contributed by atoms with E-state index in [1.54, 1.807) is 12.1 Å². The molecular formula is C18H28FN. The van der Waals surface area contributed by atoms with Crippen LogP contribution in [0.1, 0.15) is 70.4 Å². The van der Waals surface area contributed by atoms with E-state index in [1.807, 2.05) is 12.1 Å². The minimum absolute atomic E-state index is 0.151. The maximum atomic E-state index is 13.1. The molecule has 0 bridgehead atoms. The Kier molecular flexibility index (Phi) is 6.03. The Morgan fingerprint density at radius 2 is 1.50 bits per heavy atom. The van der Waals surface area contributed by atoms with Crippen LogP contribution in [0.15, 0.2) is 24.3 Å². The van der Waals surface area contributed by atoms with Gasteiger partial charge < -0.3 is 5.32 Å². The normalized spacial score (nSPS) is 19.6. The summed E-state index contributed by atoms with van der Waals surface area (Å²) in [4.78, 5) is 0. The smallest absolute Gasteiger partial charge is 0.123 e. The molecule has 20 heavy (non-hydrogen) atoms. The van der Waals surface area contributed by atoms with Crippen LogP contribution >= 0.6 is 0 Å². The van der Waals surface area contributed by atoms with Gasteiger partial charge in [0.1, 0.15) is 5.82 Å². The molecule has 0 aliphatic heterocycles. The van der Waals surface area contributed by atoms with Crippen LogP contribution in [-0.2, 0) is 0 Å². The minimum atomic E-state index is -0.151. The lowest BCUT2D eigenvalue weighted by molar-refractivity contribution is 0.312. The quantitative estimate of drug-likeness (QED) is 0.795. The van der Waals surface area contributed by atoms with E-state index in [-0.39, 0.29) is 5.82 Å². The molecule has 1 aliphatic rings. The predicted octanol–water partition coefficient (Wildman–Crippen LogP) is 5.23. The van der Waals surface area contributed by atoms with Crippen LogP contribution in [0.4, 0.5) is 4.39 Å².